The largest absolute Gasteiger partial charge is 0.508 e. The summed E-state index contributed by atoms with van der Waals surface area (Å²) in [6, 6.07) is 45.3. The number of benzene rings is 6. The lowest BCUT2D eigenvalue weighted by atomic mass is 9.63. The summed E-state index contributed by atoms with van der Waals surface area (Å²) in [6.07, 6.45) is 16.7. The maximum atomic E-state index is 10.6. The number of hydrogen-bond donors (Lipinski definition) is 2. The molecule has 0 bridgehead atoms. The molecule has 2 heterocycles. The van der Waals surface area contributed by atoms with Gasteiger partial charge in [0.15, 0.2) is 0 Å². The quantitative estimate of drug-likeness (QED) is 0.175. The third-order valence-corrected chi connectivity index (χ3v) is 14.3. The molecule has 60 heavy (non-hydrogen) atoms. The molecule has 6 atom stereocenters. The smallest absolute Gasteiger partial charge is 0.131 e. The molecule has 0 radical (unpaired) electrons. The van der Waals surface area contributed by atoms with Crippen molar-refractivity contribution in [1.29, 1.82) is 0 Å². The first kappa shape index (κ1) is 35.4. The Hall–Kier alpha value is -6.52. The number of aromatic hydroxyl groups is 1. The van der Waals surface area contributed by atoms with Gasteiger partial charge in [-0.15, -0.1) is 0 Å². The van der Waals surface area contributed by atoms with E-state index < -0.39 is 0 Å². The summed E-state index contributed by atoms with van der Waals surface area (Å²) in [4.78, 5) is 0. The lowest BCUT2D eigenvalue weighted by Gasteiger charge is -2.44. The zero-order valence-corrected chi connectivity index (χ0v) is 33.4. The molecule has 0 aromatic heterocycles. The molecule has 294 valence electrons. The maximum Gasteiger partial charge on any atom is 0.131 e. The summed E-state index contributed by atoms with van der Waals surface area (Å²) in [5.41, 5.74) is 12.8. The predicted octanol–water partition coefficient (Wildman–Crippen LogP) is 14.0. The summed E-state index contributed by atoms with van der Waals surface area (Å²) in [5.74, 6) is 5.75. The standard InChI is InChI=1S/C56H46O4/c57-41-21-23-43-39(31-41)19-27-47-53(43)51(37-15-11-35(12-16-37)33-7-3-1-4-8-33)55-45-25-30-50-56(46(45)26-29-49(55)59-47)52(38-17-13-36(14-18-38)34-9-5-2-6-10-34)54-44-24-22-42(58)32-40(44)20-28-48(54)60-50/h1-13,15-17,20-25,28,30-32,36,38-39,43,51-52,57-58H,14,18-19,26-27,29H2/t36?,38-,39?,43-,51?,52?/m0/s1. The Morgan fingerprint density at radius 3 is 2.17 bits per heavy atom. The van der Waals surface area contributed by atoms with Gasteiger partial charge in [-0.25, -0.2) is 0 Å². The van der Waals surface area contributed by atoms with E-state index in [1.54, 1.807) is 0 Å². The minimum atomic E-state index is -0.00276. The Bertz CT molecular complexity index is 2860. The number of phenols is 1. The van der Waals surface area contributed by atoms with E-state index >= 15 is 0 Å². The minimum Gasteiger partial charge on any atom is -0.508 e. The molecule has 0 amide bonds. The minimum absolute atomic E-state index is 0.00276. The fourth-order valence-electron chi connectivity index (χ4n) is 11.6. The van der Waals surface area contributed by atoms with Crippen molar-refractivity contribution in [2.75, 3.05) is 0 Å². The Kier molecular flexibility index (Phi) is 8.30. The molecule has 6 aromatic carbocycles. The molecule has 0 saturated carbocycles. The number of aliphatic hydroxyl groups is 1. The monoisotopic (exact) mass is 782 g/mol. The summed E-state index contributed by atoms with van der Waals surface area (Å²) in [7, 11) is 0. The first-order chi connectivity index (χ1) is 29.6. The van der Waals surface area contributed by atoms with Crippen LogP contribution in [0.1, 0.15) is 83.2 Å². The second kappa shape index (κ2) is 14.1. The SMILES string of the molecule is OC1=CC2CCC3=C(C(c4ccc(-c5ccccc5)cc4)C4=C(CCc5c4ccc4c5C([C@H]5C=CC(c6ccccc6)CC5)c5c(ccc6cc(O)ccc56)O4)O3)[C@H]2C=C1. The highest BCUT2D eigenvalue weighted by molar-refractivity contribution is 5.92. The van der Waals surface area contributed by atoms with Crippen LogP contribution in [-0.2, 0) is 11.2 Å². The van der Waals surface area contributed by atoms with E-state index in [1.165, 1.54) is 55.7 Å². The van der Waals surface area contributed by atoms with Crippen LogP contribution >= 0.6 is 0 Å². The second-order valence-electron chi connectivity index (χ2n) is 17.5. The van der Waals surface area contributed by atoms with Crippen molar-refractivity contribution in [1.82, 2.24) is 0 Å². The van der Waals surface area contributed by atoms with Crippen molar-refractivity contribution in [2.45, 2.75) is 56.3 Å². The Balaban J connectivity index is 1.03. The van der Waals surface area contributed by atoms with Crippen molar-refractivity contribution in [3.63, 3.8) is 0 Å². The topological polar surface area (TPSA) is 58.9 Å². The summed E-state index contributed by atoms with van der Waals surface area (Å²) >= 11 is 0. The number of rotatable bonds is 4. The first-order valence-corrected chi connectivity index (χ1v) is 21.8. The molecule has 12 rings (SSSR count). The molecular formula is C56H46O4. The lowest BCUT2D eigenvalue weighted by molar-refractivity contribution is 0.227. The second-order valence-corrected chi connectivity index (χ2v) is 17.5. The Morgan fingerprint density at radius 2 is 1.35 bits per heavy atom. The van der Waals surface area contributed by atoms with Crippen molar-refractivity contribution >= 4 is 16.3 Å². The molecule has 6 aliphatic rings. The third kappa shape index (κ3) is 5.72. The van der Waals surface area contributed by atoms with Gasteiger partial charge in [-0.1, -0.05) is 121 Å². The van der Waals surface area contributed by atoms with Crippen LogP contribution in [0.3, 0.4) is 0 Å². The van der Waals surface area contributed by atoms with E-state index in [0.29, 0.717) is 11.7 Å². The molecule has 2 aliphatic heterocycles. The first-order valence-electron chi connectivity index (χ1n) is 21.8. The van der Waals surface area contributed by atoms with Crippen molar-refractivity contribution in [3.8, 4) is 28.4 Å². The van der Waals surface area contributed by atoms with Crippen LogP contribution in [0.2, 0.25) is 0 Å². The van der Waals surface area contributed by atoms with Gasteiger partial charge in [-0.2, -0.15) is 0 Å². The van der Waals surface area contributed by atoms with E-state index in [0.717, 1.165) is 72.3 Å². The molecular weight excluding hydrogens is 737 g/mol. The molecule has 4 unspecified atom stereocenters. The van der Waals surface area contributed by atoms with E-state index in [-0.39, 0.29) is 35.3 Å². The van der Waals surface area contributed by atoms with Crippen LogP contribution in [0.15, 0.2) is 181 Å². The van der Waals surface area contributed by atoms with Crippen molar-refractivity contribution in [2.24, 2.45) is 17.8 Å². The van der Waals surface area contributed by atoms with Crippen molar-refractivity contribution in [3.05, 3.63) is 214 Å². The van der Waals surface area contributed by atoms with E-state index in [4.69, 9.17) is 9.47 Å². The van der Waals surface area contributed by atoms with Gasteiger partial charge in [0.05, 0.1) is 0 Å². The van der Waals surface area contributed by atoms with Crippen LogP contribution in [0.4, 0.5) is 0 Å². The number of aliphatic hydroxyl groups excluding tert-OH is 1. The maximum absolute atomic E-state index is 10.6. The van der Waals surface area contributed by atoms with Crippen LogP contribution in [-0.4, -0.2) is 10.2 Å². The average molecular weight is 783 g/mol. The fourth-order valence-corrected chi connectivity index (χ4v) is 11.6. The van der Waals surface area contributed by atoms with Gasteiger partial charge in [-0.3, -0.25) is 0 Å². The molecule has 6 aromatic rings. The van der Waals surface area contributed by atoms with Gasteiger partial charge in [0.2, 0.25) is 0 Å². The highest BCUT2D eigenvalue weighted by Crippen LogP contribution is 2.60. The van der Waals surface area contributed by atoms with E-state index in [1.807, 2.05) is 18.2 Å². The Morgan fingerprint density at radius 1 is 0.567 bits per heavy atom. The molecule has 0 saturated heterocycles. The van der Waals surface area contributed by atoms with E-state index in [9.17, 15) is 10.2 Å². The van der Waals surface area contributed by atoms with Crippen molar-refractivity contribution < 1.29 is 19.7 Å². The number of fused-ring (bicyclic) bond motifs is 9. The highest BCUT2D eigenvalue weighted by atomic mass is 16.5. The van der Waals surface area contributed by atoms with Gasteiger partial charge >= 0.3 is 0 Å². The highest BCUT2D eigenvalue weighted by Gasteiger charge is 2.45. The van der Waals surface area contributed by atoms with Crippen LogP contribution in [0.5, 0.6) is 17.2 Å². The molecule has 4 aliphatic carbocycles. The normalized spacial score (nSPS) is 24.8. The Labute approximate surface area is 351 Å². The zero-order chi connectivity index (χ0) is 39.9. The van der Waals surface area contributed by atoms with Gasteiger partial charge in [0.25, 0.3) is 0 Å². The van der Waals surface area contributed by atoms with Gasteiger partial charge in [-0.05, 0) is 124 Å². The van der Waals surface area contributed by atoms with E-state index in [2.05, 4.69) is 140 Å². The van der Waals surface area contributed by atoms with Gasteiger partial charge < -0.3 is 19.7 Å². The number of phenolic OH excluding ortho intramolecular Hbond substituents is 1. The lowest BCUT2D eigenvalue weighted by Crippen LogP contribution is -2.31. The number of hydrogen-bond acceptors (Lipinski definition) is 4. The summed E-state index contributed by atoms with van der Waals surface area (Å²) in [6.45, 7) is 0. The van der Waals surface area contributed by atoms with Gasteiger partial charge in [0.1, 0.15) is 34.5 Å². The average Bonchev–Trinajstić information content (AvgIpc) is 3.30. The molecule has 0 fully saturated rings. The molecule has 4 nitrogen and oxygen atoms in total. The zero-order valence-electron chi connectivity index (χ0n) is 33.4. The van der Waals surface area contributed by atoms with Crippen LogP contribution in [0, 0.1) is 17.8 Å². The summed E-state index contributed by atoms with van der Waals surface area (Å²) < 4.78 is 14.1. The van der Waals surface area contributed by atoms with Crippen LogP contribution in [0.25, 0.3) is 27.5 Å². The molecule has 2 N–H and O–H groups in total. The third-order valence-electron chi connectivity index (χ3n) is 14.3. The predicted molar refractivity (Wildman–Crippen MR) is 239 cm³/mol. The number of ether oxygens (including phenoxy) is 2. The fraction of sp³-hybridized carbons (Fsp3) is 0.214. The molecule has 0 spiro atoms. The summed E-state index contributed by atoms with van der Waals surface area (Å²) in [5, 5.41) is 23.4. The van der Waals surface area contributed by atoms with Crippen LogP contribution < -0.4 is 4.74 Å². The number of allylic oxidation sites excluding steroid dienone is 9. The molecule has 4 heteroatoms. The van der Waals surface area contributed by atoms with Gasteiger partial charge in [0, 0.05) is 53.2 Å².